The van der Waals surface area contributed by atoms with E-state index in [-0.39, 0.29) is 6.42 Å². The molecule has 0 unspecified atom stereocenters. The fourth-order valence-corrected chi connectivity index (χ4v) is 2.86. The number of carboxylic acid groups (broad SMARTS) is 1. The molecule has 0 bridgehead atoms. The Hall–Kier alpha value is -2.98. The molecule has 0 radical (unpaired) electrons. The van der Waals surface area contributed by atoms with Crippen LogP contribution < -0.4 is 4.74 Å². The number of hydrogen-bond donors (Lipinski definition) is 1. The van der Waals surface area contributed by atoms with Crippen molar-refractivity contribution in [2.75, 3.05) is 13.2 Å². The molecule has 27 heavy (non-hydrogen) atoms. The Labute approximate surface area is 159 Å². The molecular weight excluding hydrogens is 342 g/mol. The second-order valence-electron chi connectivity index (χ2n) is 6.27. The first-order valence-electron chi connectivity index (χ1n) is 9.21. The summed E-state index contributed by atoms with van der Waals surface area (Å²) in [7, 11) is 0. The number of ether oxygens (including phenoxy) is 1. The Kier molecular flexibility index (Phi) is 8.20. The van der Waals surface area contributed by atoms with Gasteiger partial charge in [-0.15, -0.1) is 0 Å². The zero-order chi connectivity index (χ0) is 19.5. The molecule has 0 aliphatic heterocycles. The van der Waals surface area contributed by atoms with Crippen molar-refractivity contribution in [1.82, 2.24) is 0 Å². The third-order valence-electron chi connectivity index (χ3n) is 4.33. The third kappa shape index (κ3) is 6.68. The van der Waals surface area contributed by atoms with Crippen LogP contribution in [-0.2, 0) is 17.6 Å². The number of aliphatic carboxylic acids is 1. The molecule has 0 aliphatic carbocycles. The lowest BCUT2D eigenvalue weighted by Gasteiger charge is -2.12. The highest BCUT2D eigenvalue weighted by Gasteiger charge is 2.07. The van der Waals surface area contributed by atoms with Crippen molar-refractivity contribution in [3.63, 3.8) is 0 Å². The van der Waals surface area contributed by atoms with Crippen LogP contribution in [0.25, 0.3) is 21.6 Å². The number of benzene rings is 2. The van der Waals surface area contributed by atoms with E-state index in [1.807, 2.05) is 30.3 Å². The number of hydrogen-bond acceptors (Lipinski definition) is 3. The number of aryl methyl sites for hydroxylation is 2. The smallest absolute Gasteiger partial charge is 0.303 e. The van der Waals surface area contributed by atoms with Gasteiger partial charge in [0.1, 0.15) is 5.75 Å². The van der Waals surface area contributed by atoms with Gasteiger partial charge in [-0.3, -0.25) is 4.79 Å². The lowest BCUT2D eigenvalue weighted by atomic mass is 9.96. The van der Waals surface area contributed by atoms with Gasteiger partial charge in [-0.1, -0.05) is 42.4 Å². The van der Waals surface area contributed by atoms with Crippen molar-refractivity contribution >= 4 is 5.97 Å². The molecule has 0 amide bonds. The van der Waals surface area contributed by atoms with Crippen LogP contribution in [0.5, 0.6) is 5.75 Å². The first-order chi connectivity index (χ1) is 13.1. The van der Waals surface area contributed by atoms with Crippen LogP contribution in [0.15, 0.2) is 47.6 Å². The van der Waals surface area contributed by atoms with Crippen LogP contribution in [0.1, 0.15) is 37.3 Å². The second kappa shape index (κ2) is 10.9. The van der Waals surface area contributed by atoms with Crippen LogP contribution in [0, 0.1) is 0 Å². The van der Waals surface area contributed by atoms with Gasteiger partial charge < -0.3 is 9.84 Å². The van der Waals surface area contributed by atoms with Crippen LogP contribution in [0.3, 0.4) is 0 Å². The summed E-state index contributed by atoms with van der Waals surface area (Å²) in [5.74, 6) is 0.0678. The zero-order valence-electron chi connectivity index (χ0n) is 15.6. The summed E-state index contributed by atoms with van der Waals surface area (Å²) in [6, 6.07) is 14.2. The molecule has 0 spiro atoms. The molecule has 142 valence electrons. The van der Waals surface area contributed by atoms with Gasteiger partial charge in [0.25, 0.3) is 0 Å². The quantitative estimate of drug-likeness (QED) is 0.249. The van der Waals surface area contributed by atoms with E-state index < -0.39 is 5.97 Å². The average Bonchev–Trinajstić information content (AvgIpc) is 2.69. The second-order valence-corrected chi connectivity index (χ2v) is 6.27. The molecule has 0 aromatic heterocycles. The fourth-order valence-electron chi connectivity index (χ4n) is 2.86. The van der Waals surface area contributed by atoms with Crippen molar-refractivity contribution in [3.8, 4) is 16.9 Å². The van der Waals surface area contributed by atoms with Gasteiger partial charge in [0.2, 0.25) is 0 Å². The van der Waals surface area contributed by atoms with Crippen LogP contribution in [0.2, 0.25) is 0 Å². The lowest BCUT2D eigenvalue weighted by molar-refractivity contribution is -0.136. The number of azide groups is 1. The predicted molar refractivity (Wildman–Crippen MR) is 106 cm³/mol. The lowest BCUT2D eigenvalue weighted by Crippen LogP contribution is -1.99. The van der Waals surface area contributed by atoms with E-state index in [0.29, 0.717) is 19.6 Å². The molecule has 0 saturated heterocycles. The first kappa shape index (κ1) is 20.3. The summed E-state index contributed by atoms with van der Waals surface area (Å²) in [6.07, 6.45) is 3.25. The van der Waals surface area contributed by atoms with Crippen molar-refractivity contribution in [2.24, 2.45) is 5.11 Å². The molecule has 6 nitrogen and oxygen atoms in total. The number of carbonyl (C=O) groups is 1. The zero-order valence-corrected chi connectivity index (χ0v) is 15.6. The van der Waals surface area contributed by atoms with E-state index in [9.17, 15) is 4.79 Å². The summed E-state index contributed by atoms with van der Waals surface area (Å²) in [6.45, 7) is 3.22. The third-order valence-corrected chi connectivity index (χ3v) is 4.33. The van der Waals surface area contributed by atoms with Gasteiger partial charge in [-0.25, -0.2) is 0 Å². The van der Waals surface area contributed by atoms with E-state index in [2.05, 4.69) is 29.1 Å². The van der Waals surface area contributed by atoms with Crippen molar-refractivity contribution in [3.05, 3.63) is 64.0 Å². The highest BCUT2D eigenvalue weighted by atomic mass is 16.5. The van der Waals surface area contributed by atoms with E-state index in [1.165, 1.54) is 5.56 Å². The molecule has 0 saturated carbocycles. The SMILES string of the molecule is CCc1cc(OCCCCN=[N+]=[N-])ccc1-c1ccc(CCC(=O)O)cc1. The van der Waals surface area contributed by atoms with Crippen LogP contribution >= 0.6 is 0 Å². The molecule has 0 atom stereocenters. The van der Waals surface area contributed by atoms with Gasteiger partial charge in [0, 0.05) is 17.9 Å². The van der Waals surface area contributed by atoms with Gasteiger partial charge in [0.05, 0.1) is 6.61 Å². The Morgan fingerprint density at radius 1 is 1.19 bits per heavy atom. The van der Waals surface area contributed by atoms with Crippen LogP contribution in [-0.4, -0.2) is 24.2 Å². The van der Waals surface area contributed by atoms with Gasteiger partial charge in [-0.2, -0.15) is 0 Å². The Balaban J connectivity index is 2.00. The van der Waals surface area contributed by atoms with Gasteiger partial charge in [-0.05, 0) is 65.6 Å². The molecular formula is C21H25N3O3. The molecule has 0 heterocycles. The summed E-state index contributed by atoms with van der Waals surface area (Å²) >= 11 is 0. The summed E-state index contributed by atoms with van der Waals surface area (Å²) in [4.78, 5) is 13.4. The molecule has 2 aromatic rings. The van der Waals surface area contributed by atoms with E-state index in [0.717, 1.165) is 41.7 Å². The van der Waals surface area contributed by atoms with Crippen molar-refractivity contribution in [1.29, 1.82) is 0 Å². The summed E-state index contributed by atoms with van der Waals surface area (Å²) < 4.78 is 5.80. The summed E-state index contributed by atoms with van der Waals surface area (Å²) in [5.41, 5.74) is 12.8. The van der Waals surface area contributed by atoms with Crippen LogP contribution in [0.4, 0.5) is 0 Å². The Morgan fingerprint density at radius 3 is 2.63 bits per heavy atom. The maximum Gasteiger partial charge on any atom is 0.303 e. The minimum Gasteiger partial charge on any atom is -0.494 e. The maximum absolute atomic E-state index is 10.7. The highest BCUT2D eigenvalue weighted by Crippen LogP contribution is 2.28. The van der Waals surface area contributed by atoms with E-state index in [4.69, 9.17) is 15.4 Å². The van der Waals surface area contributed by atoms with Gasteiger partial charge >= 0.3 is 5.97 Å². The molecule has 0 fully saturated rings. The predicted octanol–water partition coefficient (Wildman–Crippen LogP) is 5.40. The average molecular weight is 367 g/mol. The fraction of sp³-hybridized carbons (Fsp3) is 0.381. The number of nitrogens with zero attached hydrogens (tertiary/aromatic N) is 3. The van der Waals surface area contributed by atoms with Crippen molar-refractivity contribution < 1.29 is 14.6 Å². The molecule has 6 heteroatoms. The molecule has 2 aromatic carbocycles. The standard InChI is InChI=1S/C21H25N3O3/c1-2-17-15-19(27-14-4-3-13-23-24-22)10-11-20(17)18-8-5-16(6-9-18)7-12-21(25)26/h5-6,8-11,15H,2-4,7,12-14H2,1H3,(H,25,26). The summed E-state index contributed by atoms with van der Waals surface area (Å²) in [5, 5.41) is 12.3. The Morgan fingerprint density at radius 2 is 1.96 bits per heavy atom. The largest absolute Gasteiger partial charge is 0.494 e. The minimum atomic E-state index is -0.777. The topological polar surface area (TPSA) is 95.3 Å². The maximum atomic E-state index is 10.7. The van der Waals surface area contributed by atoms with E-state index in [1.54, 1.807) is 0 Å². The number of carboxylic acids is 1. The first-order valence-corrected chi connectivity index (χ1v) is 9.21. The van der Waals surface area contributed by atoms with Gasteiger partial charge in [0.15, 0.2) is 0 Å². The highest BCUT2D eigenvalue weighted by molar-refractivity contribution is 5.69. The normalized spacial score (nSPS) is 10.3. The molecule has 1 N–H and O–H groups in total. The minimum absolute atomic E-state index is 0.147. The number of unbranched alkanes of at least 4 members (excludes halogenated alkanes) is 1. The molecule has 0 aliphatic rings. The number of rotatable bonds is 11. The van der Waals surface area contributed by atoms with E-state index >= 15 is 0 Å². The molecule has 2 rings (SSSR count). The monoisotopic (exact) mass is 367 g/mol. The van der Waals surface area contributed by atoms with Crippen molar-refractivity contribution in [2.45, 2.75) is 39.0 Å². The Bertz CT molecular complexity index is 797.